The first-order valence-corrected chi connectivity index (χ1v) is 11.1. The number of nitrogens with one attached hydrogen (secondary N) is 1. The SMILES string of the molecule is COCCO[C@@H]1CCC[C@]2(C1)NC(=O)C(c1cc(-c3ccc(Cl)cc3)ccc1Cl)=C2O. The number of methoxy groups -OCH3 is 1. The first-order chi connectivity index (χ1) is 14.9. The highest BCUT2D eigenvalue weighted by Gasteiger charge is 2.49. The van der Waals surface area contributed by atoms with Crippen molar-refractivity contribution >= 4 is 34.7 Å². The van der Waals surface area contributed by atoms with E-state index in [1.54, 1.807) is 13.2 Å². The molecule has 2 atom stereocenters. The number of halogens is 2. The summed E-state index contributed by atoms with van der Waals surface area (Å²) >= 11 is 12.5. The van der Waals surface area contributed by atoms with Crippen molar-refractivity contribution in [3.63, 3.8) is 0 Å². The molecule has 2 N–H and O–H groups in total. The minimum Gasteiger partial charge on any atom is -0.509 e. The minimum absolute atomic E-state index is 0.0488. The smallest absolute Gasteiger partial charge is 0.256 e. The second-order valence-corrected chi connectivity index (χ2v) is 8.89. The summed E-state index contributed by atoms with van der Waals surface area (Å²) in [5.74, 6) is -0.266. The van der Waals surface area contributed by atoms with E-state index >= 15 is 0 Å². The van der Waals surface area contributed by atoms with E-state index < -0.39 is 5.54 Å². The monoisotopic (exact) mass is 461 g/mol. The molecule has 1 aliphatic heterocycles. The van der Waals surface area contributed by atoms with Crippen molar-refractivity contribution in [2.75, 3.05) is 20.3 Å². The van der Waals surface area contributed by atoms with Crippen LogP contribution < -0.4 is 5.32 Å². The third-order valence-corrected chi connectivity index (χ3v) is 6.61. The topological polar surface area (TPSA) is 67.8 Å². The van der Waals surface area contributed by atoms with Crippen LogP contribution in [0.3, 0.4) is 0 Å². The highest BCUT2D eigenvalue weighted by molar-refractivity contribution is 6.36. The normalized spacial score (nSPS) is 23.5. The third kappa shape index (κ3) is 4.46. The van der Waals surface area contributed by atoms with Crippen molar-refractivity contribution in [1.29, 1.82) is 0 Å². The Balaban J connectivity index is 1.67. The molecule has 2 aromatic rings. The highest BCUT2D eigenvalue weighted by Crippen LogP contribution is 2.44. The molecule has 0 unspecified atom stereocenters. The van der Waals surface area contributed by atoms with Gasteiger partial charge in [-0.15, -0.1) is 0 Å². The maximum atomic E-state index is 13.0. The number of hydrogen-bond acceptors (Lipinski definition) is 4. The van der Waals surface area contributed by atoms with Gasteiger partial charge < -0.3 is 19.9 Å². The molecule has 1 aliphatic carbocycles. The maximum absolute atomic E-state index is 13.0. The van der Waals surface area contributed by atoms with Crippen LogP contribution in [0.1, 0.15) is 31.2 Å². The van der Waals surface area contributed by atoms with Crippen LogP contribution in [0.5, 0.6) is 0 Å². The summed E-state index contributed by atoms with van der Waals surface area (Å²) in [5.41, 5.74) is 1.76. The summed E-state index contributed by atoms with van der Waals surface area (Å²) in [5, 5.41) is 15.3. The van der Waals surface area contributed by atoms with Gasteiger partial charge in [-0.3, -0.25) is 4.79 Å². The summed E-state index contributed by atoms with van der Waals surface area (Å²) in [7, 11) is 1.63. The second kappa shape index (κ2) is 9.21. The number of carbonyl (C=O) groups is 1. The average molecular weight is 462 g/mol. The highest BCUT2D eigenvalue weighted by atomic mass is 35.5. The zero-order valence-electron chi connectivity index (χ0n) is 17.3. The van der Waals surface area contributed by atoms with Crippen LogP contribution in [0.25, 0.3) is 16.7 Å². The fraction of sp³-hybridized carbons (Fsp3) is 0.375. The molecule has 0 aromatic heterocycles. The van der Waals surface area contributed by atoms with E-state index in [1.165, 1.54) is 0 Å². The molecule has 2 aliphatic rings. The molecule has 1 fully saturated rings. The summed E-state index contributed by atoms with van der Waals surface area (Å²) in [4.78, 5) is 13.0. The van der Waals surface area contributed by atoms with Crippen molar-refractivity contribution in [2.45, 2.75) is 37.3 Å². The van der Waals surface area contributed by atoms with Crippen molar-refractivity contribution < 1.29 is 19.4 Å². The molecule has 31 heavy (non-hydrogen) atoms. The van der Waals surface area contributed by atoms with Gasteiger partial charge in [-0.05, 0) is 54.7 Å². The molecule has 2 aromatic carbocycles. The van der Waals surface area contributed by atoms with Gasteiger partial charge in [0, 0.05) is 29.1 Å². The first kappa shape index (κ1) is 22.2. The lowest BCUT2D eigenvalue weighted by Gasteiger charge is -2.37. The Kier molecular flexibility index (Phi) is 6.58. The van der Waals surface area contributed by atoms with E-state index in [-0.39, 0.29) is 23.3 Å². The Morgan fingerprint density at radius 2 is 1.87 bits per heavy atom. The lowest BCUT2D eigenvalue weighted by molar-refractivity contribution is -0.117. The fourth-order valence-corrected chi connectivity index (χ4v) is 4.81. The molecule has 164 valence electrons. The van der Waals surface area contributed by atoms with Crippen molar-refractivity contribution in [2.24, 2.45) is 0 Å². The lowest BCUT2D eigenvalue weighted by Crippen LogP contribution is -2.50. The van der Waals surface area contributed by atoms with Crippen molar-refractivity contribution in [1.82, 2.24) is 5.32 Å². The van der Waals surface area contributed by atoms with Gasteiger partial charge in [0.25, 0.3) is 5.91 Å². The number of carbonyl (C=O) groups excluding carboxylic acids is 1. The predicted molar refractivity (Wildman–Crippen MR) is 122 cm³/mol. The third-order valence-electron chi connectivity index (χ3n) is 6.03. The Morgan fingerprint density at radius 3 is 2.61 bits per heavy atom. The van der Waals surface area contributed by atoms with Crippen molar-refractivity contribution in [3.8, 4) is 11.1 Å². The van der Waals surface area contributed by atoms with E-state index in [1.807, 2.05) is 36.4 Å². The number of aliphatic hydroxyl groups is 1. The number of benzene rings is 2. The van der Waals surface area contributed by atoms with Gasteiger partial charge in [0.2, 0.25) is 0 Å². The van der Waals surface area contributed by atoms with E-state index in [2.05, 4.69) is 5.32 Å². The molecule has 0 radical (unpaired) electrons. The van der Waals surface area contributed by atoms with E-state index in [4.69, 9.17) is 32.7 Å². The van der Waals surface area contributed by atoms with Crippen LogP contribution in [-0.4, -0.2) is 43.0 Å². The van der Waals surface area contributed by atoms with Gasteiger partial charge in [-0.1, -0.05) is 41.4 Å². The molecule has 1 saturated carbocycles. The van der Waals surface area contributed by atoms with Gasteiger partial charge >= 0.3 is 0 Å². The standard InChI is InChI=1S/C24H25Cl2NO4/c1-30-11-12-31-18-3-2-10-24(14-18)22(28)21(23(29)27-24)19-13-16(6-9-20(19)26)15-4-7-17(25)8-5-15/h4-9,13,18,28H,2-3,10-12,14H2,1H3,(H,27,29)/t18-,24-/m1/s1. The van der Waals surface area contributed by atoms with E-state index in [0.717, 1.165) is 24.0 Å². The Morgan fingerprint density at radius 1 is 1.13 bits per heavy atom. The van der Waals surface area contributed by atoms with Crippen LogP contribution in [0.4, 0.5) is 0 Å². The zero-order valence-corrected chi connectivity index (χ0v) is 18.8. The molecule has 1 spiro atoms. The minimum atomic E-state index is -0.817. The van der Waals surface area contributed by atoms with Crippen LogP contribution in [-0.2, 0) is 14.3 Å². The number of aliphatic hydroxyl groups excluding tert-OH is 1. The largest absolute Gasteiger partial charge is 0.509 e. The maximum Gasteiger partial charge on any atom is 0.256 e. The molecule has 4 rings (SSSR count). The Hall–Kier alpha value is -2.05. The average Bonchev–Trinajstić information content (AvgIpc) is 2.98. The van der Waals surface area contributed by atoms with Crippen LogP contribution in [0, 0.1) is 0 Å². The van der Waals surface area contributed by atoms with Gasteiger partial charge in [0.1, 0.15) is 11.3 Å². The molecule has 7 heteroatoms. The van der Waals surface area contributed by atoms with Gasteiger partial charge in [0.05, 0.1) is 24.9 Å². The van der Waals surface area contributed by atoms with Crippen LogP contribution >= 0.6 is 23.2 Å². The Labute approximate surface area is 192 Å². The number of ether oxygens (including phenoxy) is 2. The fourth-order valence-electron chi connectivity index (χ4n) is 4.47. The molecular formula is C24H25Cl2NO4. The summed E-state index contributed by atoms with van der Waals surface area (Å²) < 4.78 is 11.0. The summed E-state index contributed by atoms with van der Waals surface area (Å²) in [6.07, 6.45) is 2.85. The van der Waals surface area contributed by atoms with Gasteiger partial charge in [-0.25, -0.2) is 0 Å². The quantitative estimate of drug-likeness (QED) is 0.564. The molecule has 5 nitrogen and oxygen atoms in total. The van der Waals surface area contributed by atoms with Crippen LogP contribution in [0.15, 0.2) is 48.2 Å². The lowest BCUT2D eigenvalue weighted by atomic mass is 9.79. The van der Waals surface area contributed by atoms with Crippen LogP contribution in [0.2, 0.25) is 10.0 Å². The molecule has 0 saturated heterocycles. The molecule has 0 bridgehead atoms. The van der Waals surface area contributed by atoms with E-state index in [9.17, 15) is 9.90 Å². The number of amides is 1. The van der Waals surface area contributed by atoms with Gasteiger partial charge in [0.15, 0.2) is 0 Å². The number of rotatable bonds is 6. The predicted octanol–water partition coefficient (Wildman–Crippen LogP) is 5.40. The zero-order chi connectivity index (χ0) is 22.0. The van der Waals surface area contributed by atoms with Crippen molar-refractivity contribution in [3.05, 3.63) is 63.8 Å². The van der Waals surface area contributed by atoms with Gasteiger partial charge in [-0.2, -0.15) is 0 Å². The summed E-state index contributed by atoms with van der Waals surface area (Å²) in [6.45, 7) is 0.994. The first-order valence-electron chi connectivity index (χ1n) is 10.4. The van der Waals surface area contributed by atoms with E-state index in [0.29, 0.717) is 41.7 Å². The molecular weight excluding hydrogens is 437 g/mol. The summed E-state index contributed by atoms with van der Waals surface area (Å²) in [6, 6.07) is 12.9. The molecule has 1 heterocycles. The Bertz CT molecular complexity index is 1010. The number of hydrogen-bond donors (Lipinski definition) is 2. The molecule has 1 amide bonds. The second-order valence-electron chi connectivity index (χ2n) is 8.04.